The molecule has 0 aromatic heterocycles. The number of aryl methyl sites for hydroxylation is 2. The van der Waals surface area contributed by atoms with Gasteiger partial charge in [-0.1, -0.05) is 170 Å². The minimum Gasteiger partial charge on any atom is -0.0616 e. The van der Waals surface area contributed by atoms with Gasteiger partial charge in [-0.3, -0.25) is 0 Å². The molecule has 0 heterocycles. The number of hydrogen-bond acceptors (Lipinski definition) is 0. The van der Waals surface area contributed by atoms with Crippen molar-refractivity contribution in [2.75, 3.05) is 0 Å². The normalized spacial score (nSPS) is 11.5. The predicted octanol–water partition coefficient (Wildman–Crippen LogP) is 15.3. The molecule has 10 aromatic rings. The number of rotatable bonds is 5. The van der Waals surface area contributed by atoms with Crippen molar-refractivity contribution in [2.45, 2.75) is 13.8 Å². The molecule has 0 bridgehead atoms. The van der Waals surface area contributed by atoms with E-state index in [4.69, 9.17) is 0 Å². The van der Waals surface area contributed by atoms with Gasteiger partial charge in [0.15, 0.2) is 0 Å². The molecule has 0 atom stereocenters. The van der Waals surface area contributed by atoms with Crippen LogP contribution in [0.2, 0.25) is 0 Å². The molecule has 0 radical (unpaired) electrons. The summed E-state index contributed by atoms with van der Waals surface area (Å²) in [5.74, 6) is 0. The van der Waals surface area contributed by atoms with E-state index in [1.165, 1.54) is 110 Å². The largest absolute Gasteiger partial charge is 0.0616 e. The molecular formula is C54H38. The Morgan fingerprint density at radius 1 is 0.259 bits per heavy atom. The first-order valence-corrected chi connectivity index (χ1v) is 18.8. The highest BCUT2D eigenvalue weighted by atomic mass is 14.2. The van der Waals surface area contributed by atoms with Crippen LogP contribution >= 0.6 is 0 Å². The zero-order valence-electron chi connectivity index (χ0n) is 30.5. The van der Waals surface area contributed by atoms with Gasteiger partial charge < -0.3 is 0 Å². The summed E-state index contributed by atoms with van der Waals surface area (Å²) in [4.78, 5) is 0. The van der Waals surface area contributed by atoms with Gasteiger partial charge in [-0.15, -0.1) is 0 Å². The van der Waals surface area contributed by atoms with Crippen LogP contribution in [0.1, 0.15) is 11.1 Å². The summed E-state index contributed by atoms with van der Waals surface area (Å²) in [7, 11) is 0. The zero-order valence-corrected chi connectivity index (χ0v) is 30.5. The quantitative estimate of drug-likeness (QED) is 0.158. The van der Waals surface area contributed by atoms with Gasteiger partial charge in [0.05, 0.1) is 0 Å². The van der Waals surface area contributed by atoms with Gasteiger partial charge in [0.1, 0.15) is 0 Å². The molecule has 0 aliphatic rings. The Morgan fingerprint density at radius 2 is 0.704 bits per heavy atom. The van der Waals surface area contributed by atoms with Crippen molar-refractivity contribution in [3.63, 3.8) is 0 Å². The Bertz CT molecular complexity index is 3010. The SMILES string of the molecule is Cc1ccc(-c2cccc(-c3c4ccccc4c(-c4cccc(-c5ccc6ccccc6c5)c4)c4ccccc34)c2)cc1-c1ccc2ccccc2c1C. The zero-order chi connectivity index (χ0) is 36.2. The second-order valence-corrected chi connectivity index (χ2v) is 14.6. The molecular weight excluding hydrogens is 649 g/mol. The second-order valence-electron chi connectivity index (χ2n) is 14.6. The highest BCUT2D eigenvalue weighted by molar-refractivity contribution is 6.21. The van der Waals surface area contributed by atoms with Crippen molar-refractivity contribution < 1.29 is 0 Å². The fourth-order valence-electron chi connectivity index (χ4n) is 8.64. The van der Waals surface area contributed by atoms with Crippen molar-refractivity contribution in [1.29, 1.82) is 0 Å². The van der Waals surface area contributed by atoms with Crippen LogP contribution in [-0.4, -0.2) is 0 Å². The fourth-order valence-corrected chi connectivity index (χ4v) is 8.64. The van der Waals surface area contributed by atoms with Gasteiger partial charge in [-0.05, 0) is 148 Å². The molecule has 0 spiro atoms. The third kappa shape index (κ3) is 5.38. The Balaban J connectivity index is 1.12. The van der Waals surface area contributed by atoms with Crippen LogP contribution in [0.25, 0.3) is 98.7 Å². The summed E-state index contributed by atoms with van der Waals surface area (Å²) in [5.41, 5.74) is 15.1. The first kappa shape index (κ1) is 31.9. The molecule has 0 N–H and O–H groups in total. The Kier molecular flexibility index (Phi) is 7.70. The van der Waals surface area contributed by atoms with Crippen molar-refractivity contribution in [3.05, 3.63) is 205 Å². The van der Waals surface area contributed by atoms with Gasteiger partial charge in [0, 0.05) is 0 Å². The van der Waals surface area contributed by atoms with E-state index in [0.717, 1.165) is 0 Å². The van der Waals surface area contributed by atoms with E-state index in [1.807, 2.05) is 0 Å². The van der Waals surface area contributed by atoms with Crippen LogP contribution in [0.15, 0.2) is 194 Å². The lowest BCUT2D eigenvalue weighted by molar-refractivity contribution is 1.43. The molecule has 0 saturated heterocycles. The van der Waals surface area contributed by atoms with E-state index >= 15 is 0 Å². The van der Waals surface area contributed by atoms with Crippen molar-refractivity contribution in [3.8, 4) is 55.6 Å². The predicted molar refractivity (Wildman–Crippen MR) is 233 cm³/mol. The lowest BCUT2D eigenvalue weighted by atomic mass is 9.84. The lowest BCUT2D eigenvalue weighted by Crippen LogP contribution is -1.92. The molecule has 0 unspecified atom stereocenters. The summed E-state index contributed by atoms with van der Waals surface area (Å²) in [6.45, 7) is 4.48. The lowest BCUT2D eigenvalue weighted by Gasteiger charge is -2.19. The van der Waals surface area contributed by atoms with E-state index in [-0.39, 0.29) is 0 Å². The Morgan fingerprint density at radius 3 is 1.31 bits per heavy atom. The molecule has 0 aliphatic carbocycles. The fraction of sp³-hybridized carbons (Fsp3) is 0.0370. The summed E-state index contributed by atoms with van der Waals surface area (Å²) >= 11 is 0. The van der Waals surface area contributed by atoms with Gasteiger partial charge in [0.2, 0.25) is 0 Å². The minimum atomic E-state index is 1.22. The van der Waals surface area contributed by atoms with E-state index < -0.39 is 0 Å². The average Bonchev–Trinajstić information content (AvgIpc) is 3.23. The van der Waals surface area contributed by atoms with Crippen LogP contribution in [0.4, 0.5) is 0 Å². The molecule has 0 amide bonds. The van der Waals surface area contributed by atoms with Gasteiger partial charge in [-0.25, -0.2) is 0 Å². The van der Waals surface area contributed by atoms with Crippen LogP contribution < -0.4 is 0 Å². The highest BCUT2D eigenvalue weighted by Gasteiger charge is 2.18. The summed E-state index contributed by atoms with van der Waals surface area (Å²) < 4.78 is 0. The molecule has 10 rings (SSSR count). The van der Waals surface area contributed by atoms with Crippen molar-refractivity contribution in [2.24, 2.45) is 0 Å². The summed E-state index contributed by atoms with van der Waals surface area (Å²) in [5, 5.41) is 10.2. The van der Waals surface area contributed by atoms with Crippen LogP contribution in [0.3, 0.4) is 0 Å². The molecule has 254 valence electrons. The van der Waals surface area contributed by atoms with Crippen LogP contribution in [-0.2, 0) is 0 Å². The first-order chi connectivity index (χ1) is 26.6. The molecule has 54 heavy (non-hydrogen) atoms. The van der Waals surface area contributed by atoms with Gasteiger partial charge in [0.25, 0.3) is 0 Å². The number of hydrogen-bond donors (Lipinski definition) is 0. The molecule has 0 fully saturated rings. The van der Waals surface area contributed by atoms with Crippen LogP contribution in [0.5, 0.6) is 0 Å². The Hall–Kier alpha value is -6.76. The van der Waals surface area contributed by atoms with Crippen molar-refractivity contribution >= 4 is 43.1 Å². The van der Waals surface area contributed by atoms with Crippen LogP contribution in [0, 0.1) is 13.8 Å². The van der Waals surface area contributed by atoms with Crippen molar-refractivity contribution in [1.82, 2.24) is 0 Å². The smallest absolute Gasteiger partial charge is 0.00262 e. The third-order valence-corrected chi connectivity index (χ3v) is 11.4. The number of fused-ring (bicyclic) bond motifs is 4. The van der Waals surface area contributed by atoms with Gasteiger partial charge in [-0.2, -0.15) is 0 Å². The second kappa shape index (κ2) is 13.0. The summed E-state index contributed by atoms with van der Waals surface area (Å²) in [6.07, 6.45) is 0. The number of benzene rings is 10. The molecule has 0 saturated carbocycles. The monoisotopic (exact) mass is 686 g/mol. The molecule has 10 aromatic carbocycles. The maximum absolute atomic E-state index is 2.38. The van der Waals surface area contributed by atoms with E-state index in [2.05, 4.69) is 208 Å². The maximum atomic E-state index is 2.38. The minimum absolute atomic E-state index is 1.22. The van der Waals surface area contributed by atoms with E-state index in [1.54, 1.807) is 0 Å². The molecule has 0 aliphatic heterocycles. The van der Waals surface area contributed by atoms with E-state index in [9.17, 15) is 0 Å². The molecule has 0 heteroatoms. The highest BCUT2D eigenvalue weighted by Crippen LogP contribution is 2.45. The van der Waals surface area contributed by atoms with E-state index in [0.29, 0.717) is 0 Å². The maximum Gasteiger partial charge on any atom is -0.00262 e. The Labute approximate surface area is 316 Å². The van der Waals surface area contributed by atoms with Gasteiger partial charge >= 0.3 is 0 Å². The molecule has 0 nitrogen and oxygen atoms in total. The first-order valence-electron chi connectivity index (χ1n) is 18.8. The third-order valence-electron chi connectivity index (χ3n) is 11.4. The standard InChI is InChI=1S/C54H38/c1-35-25-26-43(34-52(35)47-30-29-38-14-5-6-20-46(38)36(47)2)41-17-12-19-45(33-41)54-50-23-9-7-21-48(50)53(49-22-8-10-24-51(49)54)44-18-11-16-40(32-44)42-28-27-37-13-3-4-15-39(37)31-42/h3-34H,1-2H3. The average molecular weight is 687 g/mol. The summed E-state index contributed by atoms with van der Waals surface area (Å²) in [6, 6.07) is 71.6. The topological polar surface area (TPSA) is 0 Å².